The highest BCUT2D eigenvalue weighted by atomic mass is 32.2. The quantitative estimate of drug-likeness (QED) is 0.515. The van der Waals surface area contributed by atoms with E-state index in [9.17, 15) is 17.6 Å². The second-order valence-corrected chi connectivity index (χ2v) is 9.35. The second kappa shape index (κ2) is 9.31. The first-order valence-electron chi connectivity index (χ1n) is 9.73. The number of carbonyl (C=O) groups excluding carboxylic acids is 1. The predicted molar refractivity (Wildman–Crippen MR) is 110 cm³/mol. The van der Waals surface area contributed by atoms with Crippen LogP contribution >= 0.6 is 0 Å². The average Bonchev–Trinajstić information content (AvgIpc) is 2.74. The standard InChI is InChI=1S/C21H25FN2O6S/c1-13-5-4-6-16(19(13)22)12-29-17-7-9-18(10-8-17)31(27,28)24-11-14(2)30-15(3)20(24)21(25)23-26/h4-10,14-15,20,26H,11-12H2,1-3H3,(H,23,25)/t14-,15?,20+/m0/s1. The Labute approximate surface area is 180 Å². The first kappa shape index (κ1) is 23.1. The summed E-state index contributed by atoms with van der Waals surface area (Å²) in [6, 6.07) is 9.45. The van der Waals surface area contributed by atoms with Crippen molar-refractivity contribution < 1.29 is 32.3 Å². The molecule has 0 spiro atoms. The maximum atomic E-state index is 14.1. The van der Waals surface area contributed by atoms with Gasteiger partial charge in [0.25, 0.3) is 5.91 Å². The molecule has 3 rings (SSSR count). The van der Waals surface area contributed by atoms with Gasteiger partial charge in [0.2, 0.25) is 10.0 Å². The fourth-order valence-corrected chi connectivity index (χ4v) is 5.29. The summed E-state index contributed by atoms with van der Waals surface area (Å²) in [6.07, 6.45) is -1.18. The molecule has 8 nitrogen and oxygen atoms in total. The van der Waals surface area contributed by atoms with E-state index in [0.717, 1.165) is 4.31 Å². The fourth-order valence-electron chi connectivity index (χ4n) is 3.57. The van der Waals surface area contributed by atoms with Crippen LogP contribution in [0.25, 0.3) is 0 Å². The minimum absolute atomic E-state index is 0.00313. The van der Waals surface area contributed by atoms with Crippen molar-refractivity contribution >= 4 is 15.9 Å². The van der Waals surface area contributed by atoms with Gasteiger partial charge in [-0.3, -0.25) is 10.0 Å². The number of benzene rings is 2. The molecule has 168 valence electrons. The number of ether oxygens (including phenoxy) is 2. The number of halogens is 1. The molecular weight excluding hydrogens is 427 g/mol. The maximum absolute atomic E-state index is 14.1. The Morgan fingerprint density at radius 3 is 2.58 bits per heavy atom. The van der Waals surface area contributed by atoms with E-state index in [1.165, 1.54) is 29.7 Å². The molecule has 1 aliphatic rings. The largest absolute Gasteiger partial charge is 0.489 e. The molecule has 2 aromatic carbocycles. The fraction of sp³-hybridized carbons (Fsp3) is 0.381. The van der Waals surface area contributed by atoms with Crippen LogP contribution in [0.3, 0.4) is 0 Å². The molecule has 0 radical (unpaired) electrons. The molecule has 0 aliphatic carbocycles. The lowest BCUT2D eigenvalue weighted by molar-refractivity contribution is -0.146. The highest BCUT2D eigenvalue weighted by Crippen LogP contribution is 2.27. The number of hydrogen-bond acceptors (Lipinski definition) is 6. The summed E-state index contributed by atoms with van der Waals surface area (Å²) in [5, 5.41) is 9.03. The molecule has 10 heteroatoms. The molecule has 1 unspecified atom stereocenters. The first-order chi connectivity index (χ1) is 14.6. The number of amides is 1. The summed E-state index contributed by atoms with van der Waals surface area (Å²) in [6.45, 7) is 4.88. The van der Waals surface area contributed by atoms with Crippen molar-refractivity contribution in [1.29, 1.82) is 0 Å². The van der Waals surface area contributed by atoms with Crippen molar-refractivity contribution in [3.05, 3.63) is 59.4 Å². The Morgan fingerprint density at radius 2 is 1.94 bits per heavy atom. The van der Waals surface area contributed by atoms with Crippen LogP contribution in [0.4, 0.5) is 4.39 Å². The number of hydrogen-bond donors (Lipinski definition) is 2. The third-order valence-corrected chi connectivity index (χ3v) is 6.98. The monoisotopic (exact) mass is 452 g/mol. The van der Waals surface area contributed by atoms with Gasteiger partial charge in [-0.15, -0.1) is 0 Å². The molecule has 1 aliphatic heterocycles. The van der Waals surface area contributed by atoms with Gasteiger partial charge in [0.15, 0.2) is 0 Å². The van der Waals surface area contributed by atoms with Crippen molar-refractivity contribution in [3.63, 3.8) is 0 Å². The molecule has 1 fully saturated rings. The lowest BCUT2D eigenvalue weighted by atomic mass is 10.1. The van der Waals surface area contributed by atoms with Crippen molar-refractivity contribution in [3.8, 4) is 5.75 Å². The first-order valence-corrected chi connectivity index (χ1v) is 11.2. The second-order valence-electron chi connectivity index (χ2n) is 7.46. The average molecular weight is 453 g/mol. The number of sulfonamides is 1. The minimum Gasteiger partial charge on any atom is -0.489 e. The molecule has 1 heterocycles. The Hall–Kier alpha value is -2.53. The number of nitrogens with one attached hydrogen (secondary N) is 1. The van der Waals surface area contributed by atoms with Gasteiger partial charge in [-0.2, -0.15) is 4.31 Å². The zero-order valence-corrected chi connectivity index (χ0v) is 18.2. The SMILES string of the molecule is Cc1cccc(COc2ccc(S(=O)(=O)N3C[C@H](C)OC(C)[C@@H]3C(=O)NO)cc2)c1F. The highest BCUT2D eigenvalue weighted by molar-refractivity contribution is 7.89. The van der Waals surface area contributed by atoms with Gasteiger partial charge in [0.05, 0.1) is 17.1 Å². The van der Waals surface area contributed by atoms with Crippen LogP contribution < -0.4 is 10.2 Å². The number of rotatable bonds is 6. The molecule has 31 heavy (non-hydrogen) atoms. The van der Waals surface area contributed by atoms with Gasteiger partial charge < -0.3 is 9.47 Å². The van der Waals surface area contributed by atoms with E-state index in [2.05, 4.69) is 0 Å². The van der Waals surface area contributed by atoms with Gasteiger partial charge in [0, 0.05) is 12.1 Å². The summed E-state index contributed by atoms with van der Waals surface area (Å²) in [4.78, 5) is 12.1. The van der Waals surface area contributed by atoms with Crippen LogP contribution in [0.2, 0.25) is 0 Å². The molecular formula is C21H25FN2O6S. The number of nitrogens with zero attached hydrogens (tertiary/aromatic N) is 1. The van der Waals surface area contributed by atoms with E-state index in [1.54, 1.807) is 39.0 Å². The van der Waals surface area contributed by atoms with Crippen LogP contribution in [0.15, 0.2) is 47.4 Å². The zero-order valence-electron chi connectivity index (χ0n) is 17.4. The topological polar surface area (TPSA) is 105 Å². The number of aryl methyl sites for hydroxylation is 1. The smallest absolute Gasteiger partial charge is 0.264 e. The molecule has 2 N–H and O–H groups in total. The van der Waals surface area contributed by atoms with Crippen molar-refractivity contribution in [2.24, 2.45) is 0 Å². The third kappa shape index (κ3) is 4.87. The molecule has 3 atom stereocenters. The lowest BCUT2D eigenvalue weighted by Crippen LogP contribution is -2.60. The van der Waals surface area contributed by atoms with Gasteiger partial charge in [-0.1, -0.05) is 18.2 Å². The zero-order chi connectivity index (χ0) is 22.8. The van der Waals surface area contributed by atoms with Crippen molar-refractivity contribution in [2.45, 2.75) is 50.5 Å². The number of carbonyl (C=O) groups is 1. The number of morpholine rings is 1. The third-order valence-electron chi connectivity index (χ3n) is 5.11. The Balaban J connectivity index is 1.79. The summed E-state index contributed by atoms with van der Waals surface area (Å²) < 4.78 is 52.7. The van der Waals surface area contributed by atoms with Crippen LogP contribution in [0, 0.1) is 12.7 Å². The highest BCUT2D eigenvalue weighted by Gasteiger charge is 2.44. The number of hydroxylamine groups is 1. The Kier molecular flexibility index (Phi) is 6.95. The molecule has 1 saturated heterocycles. The van der Waals surface area contributed by atoms with E-state index < -0.39 is 34.2 Å². The molecule has 0 saturated carbocycles. The Bertz CT molecular complexity index is 1040. The minimum atomic E-state index is -4.06. The predicted octanol–water partition coefficient (Wildman–Crippen LogP) is 2.39. The lowest BCUT2D eigenvalue weighted by Gasteiger charge is -2.40. The summed E-state index contributed by atoms with van der Waals surface area (Å²) in [5.41, 5.74) is 2.41. The molecule has 1 amide bonds. The van der Waals surface area contributed by atoms with E-state index in [4.69, 9.17) is 14.7 Å². The summed E-state index contributed by atoms with van der Waals surface area (Å²) in [7, 11) is -4.06. The van der Waals surface area contributed by atoms with E-state index >= 15 is 0 Å². The summed E-state index contributed by atoms with van der Waals surface area (Å²) >= 11 is 0. The molecule has 2 aromatic rings. The van der Waals surface area contributed by atoms with Crippen molar-refractivity contribution in [2.75, 3.05) is 6.54 Å². The van der Waals surface area contributed by atoms with E-state index in [1.807, 2.05) is 0 Å². The van der Waals surface area contributed by atoms with Crippen LogP contribution in [-0.4, -0.2) is 48.6 Å². The van der Waals surface area contributed by atoms with Crippen LogP contribution in [0.5, 0.6) is 5.75 Å². The molecule has 0 bridgehead atoms. The van der Waals surface area contributed by atoms with Crippen LogP contribution in [-0.2, 0) is 26.2 Å². The van der Waals surface area contributed by atoms with E-state index in [0.29, 0.717) is 16.9 Å². The molecule has 0 aromatic heterocycles. The van der Waals surface area contributed by atoms with Crippen LogP contribution in [0.1, 0.15) is 25.0 Å². The van der Waals surface area contributed by atoms with Gasteiger partial charge in [-0.05, 0) is 50.6 Å². The van der Waals surface area contributed by atoms with Gasteiger partial charge in [-0.25, -0.2) is 18.3 Å². The Morgan fingerprint density at radius 1 is 1.26 bits per heavy atom. The van der Waals surface area contributed by atoms with Crippen molar-refractivity contribution in [1.82, 2.24) is 9.79 Å². The normalized spacial score (nSPS) is 22.2. The van der Waals surface area contributed by atoms with Gasteiger partial charge >= 0.3 is 0 Å². The summed E-state index contributed by atoms with van der Waals surface area (Å²) in [5.74, 6) is -0.846. The van der Waals surface area contributed by atoms with Gasteiger partial charge in [0.1, 0.15) is 24.2 Å². The maximum Gasteiger partial charge on any atom is 0.264 e. The van der Waals surface area contributed by atoms with E-state index in [-0.39, 0.29) is 23.9 Å².